The van der Waals surface area contributed by atoms with Crippen LogP contribution in [0.1, 0.15) is 45.7 Å². The number of urea groups is 1. The van der Waals surface area contributed by atoms with E-state index in [1.165, 1.54) is 31.2 Å². The van der Waals surface area contributed by atoms with E-state index in [2.05, 4.69) is 15.6 Å². The van der Waals surface area contributed by atoms with Gasteiger partial charge in [-0.2, -0.15) is 39.5 Å². The van der Waals surface area contributed by atoms with Gasteiger partial charge in [-0.1, -0.05) is 12.1 Å². The van der Waals surface area contributed by atoms with Gasteiger partial charge in [0, 0.05) is 17.4 Å². The van der Waals surface area contributed by atoms with Crippen LogP contribution in [0.3, 0.4) is 0 Å². The lowest BCUT2D eigenvalue weighted by Crippen LogP contribution is -2.35. The number of carbonyl (C=O) groups excluding carboxylic acids is 2. The fraction of sp³-hybridized carbons (Fsp3) is 0.200. The fourth-order valence-electron chi connectivity index (χ4n) is 3.15. The van der Waals surface area contributed by atoms with Crippen LogP contribution >= 0.6 is 0 Å². The SMILES string of the molecule is CC(=O)c1ccc(NC(=O)N[C@@H](c2ccc(C(F)(F)F)cc2)c2ncccc2C(F)(F)F)cc1.O=C(O)C(F)(F)F. The molecule has 0 aliphatic heterocycles. The molecule has 16 heteroatoms. The maximum Gasteiger partial charge on any atom is 0.490 e. The molecule has 0 saturated carbocycles. The summed E-state index contributed by atoms with van der Waals surface area (Å²) in [7, 11) is 0. The minimum absolute atomic E-state index is 0.0423. The first-order chi connectivity index (χ1) is 18.8. The molecule has 2 amide bonds. The summed E-state index contributed by atoms with van der Waals surface area (Å²) in [5.41, 5.74) is -2.15. The molecular weight excluding hydrogens is 577 g/mol. The van der Waals surface area contributed by atoms with Crippen LogP contribution in [0.5, 0.6) is 0 Å². The highest BCUT2D eigenvalue weighted by molar-refractivity contribution is 5.95. The second kappa shape index (κ2) is 12.7. The number of Topliss-reactive ketones (excluding diaryl/α,β-unsaturated/α-hetero) is 1. The average molecular weight is 595 g/mol. The molecule has 3 aromatic rings. The molecule has 0 bridgehead atoms. The molecule has 0 aliphatic rings. The number of carboxylic acid groups (broad SMARTS) is 1. The van der Waals surface area contributed by atoms with Crippen molar-refractivity contribution in [2.45, 2.75) is 31.5 Å². The second-order valence-electron chi connectivity index (χ2n) is 8.02. The van der Waals surface area contributed by atoms with E-state index in [0.717, 1.165) is 30.5 Å². The predicted octanol–water partition coefficient (Wildman–Crippen LogP) is 6.87. The van der Waals surface area contributed by atoms with E-state index in [1.54, 1.807) is 0 Å². The number of rotatable bonds is 5. The Labute approximate surface area is 225 Å². The van der Waals surface area contributed by atoms with Crippen molar-refractivity contribution in [3.8, 4) is 0 Å². The third kappa shape index (κ3) is 9.51. The second-order valence-corrected chi connectivity index (χ2v) is 8.02. The van der Waals surface area contributed by atoms with E-state index in [9.17, 15) is 49.1 Å². The van der Waals surface area contributed by atoms with Crippen LogP contribution in [0.4, 0.5) is 50.0 Å². The van der Waals surface area contributed by atoms with E-state index in [4.69, 9.17) is 9.90 Å². The Morgan fingerprint density at radius 3 is 1.78 bits per heavy atom. The summed E-state index contributed by atoms with van der Waals surface area (Å²) in [5.74, 6) is -2.96. The molecule has 1 atom stereocenters. The molecule has 0 unspecified atom stereocenters. The highest BCUT2D eigenvalue weighted by atomic mass is 19.4. The molecule has 3 N–H and O–H groups in total. The molecular formula is C25H18F9N3O4. The van der Waals surface area contributed by atoms with Crippen molar-refractivity contribution in [2.75, 3.05) is 5.32 Å². The monoisotopic (exact) mass is 595 g/mol. The van der Waals surface area contributed by atoms with E-state index >= 15 is 0 Å². The normalized spacial score (nSPS) is 12.4. The van der Waals surface area contributed by atoms with Gasteiger partial charge in [-0.05, 0) is 61.0 Å². The van der Waals surface area contributed by atoms with E-state index < -0.39 is 53.4 Å². The van der Waals surface area contributed by atoms with Gasteiger partial charge in [0.15, 0.2) is 5.78 Å². The molecule has 220 valence electrons. The zero-order valence-corrected chi connectivity index (χ0v) is 20.4. The van der Waals surface area contributed by atoms with Crippen LogP contribution in [0.15, 0.2) is 66.9 Å². The molecule has 2 aromatic carbocycles. The zero-order valence-electron chi connectivity index (χ0n) is 20.4. The predicted molar refractivity (Wildman–Crippen MR) is 125 cm³/mol. The van der Waals surface area contributed by atoms with Crippen LogP contribution in [0, 0.1) is 0 Å². The molecule has 41 heavy (non-hydrogen) atoms. The largest absolute Gasteiger partial charge is 0.490 e. The minimum atomic E-state index is -5.08. The summed E-state index contributed by atoms with van der Waals surface area (Å²) < 4.78 is 111. The molecule has 1 heterocycles. The van der Waals surface area contributed by atoms with Crippen LogP contribution < -0.4 is 10.6 Å². The Balaban J connectivity index is 0.000000745. The number of alkyl halides is 9. The van der Waals surface area contributed by atoms with Crippen molar-refractivity contribution in [1.29, 1.82) is 0 Å². The van der Waals surface area contributed by atoms with Crippen molar-refractivity contribution in [2.24, 2.45) is 0 Å². The van der Waals surface area contributed by atoms with Crippen molar-refractivity contribution in [3.63, 3.8) is 0 Å². The topological polar surface area (TPSA) is 108 Å². The van der Waals surface area contributed by atoms with Gasteiger partial charge in [0.25, 0.3) is 0 Å². The Hall–Kier alpha value is -4.63. The molecule has 0 saturated heterocycles. The molecule has 0 aliphatic carbocycles. The lowest BCUT2D eigenvalue weighted by molar-refractivity contribution is -0.192. The number of nitrogens with one attached hydrogen (secondary N) is 2. The Kier molecular flexibility index (Phi) is 10.1. The molecule has 0 fully saturated rings. The smallest absolute Gasteiger partial charge is 0.475 e. The number of aliphatic carboxylic acids is 1. The number of pyridine rings is 1. The molecule has 0 spiro atoms. The van der Waals surface area contributed by atoms with E-state index in [-0.39, 0.29) is 17.0 Å². The van der Waals surface area contributed by atoms with Crippen LogP contribution in [-0.4, -0.2) is 34.1 Å². The van der Waals surface area contributed by atoms with Crippen LogP contribution in [-0.2, 0) is 17.1 Å². The number of carboxylic acids is 1. The Morgan fingerprint density at radius 2 is 1.34 bits per heavy atom. The lowest BCUT2D eigenvalue weighted by Gasteiger charge is -2.23. The van der Waals surface area contributed by atoms with Gasteiger partial charge in [0.2, 0.25) is 0 Å². The summed E-state index contributed by atoms with van der Waals surface area (Å²) in [4.78, 5) is 36.6. The van der Waals surface area contributed by atoms with Crippen LogP contribution in [0.25, 0.3) is 0 Å². The lowest BCUT2D eigenvalue weighted by atomic mass is 9.98. The molecule has 1 aromatic heterocycles. The average Bonchev–Trinajstić information content (AvgIpc) is 2.86. The van der Waals surface area contributed by atoms with Crippen molar-refractivity contribution in [3.05, 3.63) is 94.8 Å². The number of aromatic nitrogens is 1. The summed E-state index contributed by atoms with van der Waals surface area (Å²) in [6.07, 6.45) is -13.5. The number of carbonyl (C=O) groups is 3. The summed E-state index contributed by atoms with van der Waals surface area (Å²) in [6.45, 7) is 1.36. The molecule has 7 nitrogen and oxygen atoms in total. The highest BCUT2D eigenvalue weighted by Crippen LogP contribution is 2.36. The third-order valence-corrected chi connectivity index (χ3v) is 5.06. The number of halogens is 9. The first-order valence-corrected chi connectivity index (χ1v) is 11.0. The van der Waals surface area contributed by atoms with Crippen molar-refractivity contribution >= 4 is 23.5 Å². The van der Waals surface area contributed by atoms with Crippen molar-refractivity contribution in [1.82, 2.24) is 10.3 Å². The van der Waals surface area contributed by atoms with Gasteiger partial charge in [-0.25, -0.2) is 9.59 Å². The fourth-order valence-corrected chi connectivity index (χ4v) is 3.15. The first-order valence-electron chi connectivity index (χ1n) is 11.0. The van der Waals surface area contributed by atoms with E-state index in [0.29, 0.717) is 17.7 Å². The summed E-state index contributed by atoms with van der Waals surface area (Å²) in [6, 6.07) is 8.49. The molecule has 0 radical (unpaired) electrons. The summed E-state index contributed by atoms with van der Waals surface area (Å²) >= 11 is 0. The number of amides is 2. The van der Waals surface area contributed by atoms with Gasteiger partial charge < -0.3 is 15.7 Å². The standard InChI is InChI=1S/C23H17F6N3O2.C2HF3O2/c1-13(33)14-6-10-17(11-7-14)31-21(34)32-19(15-4-8-16(9-5-15)22(24,25)26)20-18(23(27,28)29)3-2-12-30-20;3-2(4,5)1(6)7/h2-12,19H,1H3,(H2,31,32,34);(H,6,7)/t19-;/m0./s1. The Bertz CT molecular complexity index is 1370. The van der Waals surface area contributed by atoms with Gasteiger partial charge in [-0.3, -0.25) is 9.78 Å². The highest BCUT2D eigenvalue weighted by Gasteiger charge is 2.39. The van der Waals surface area contributed by atoms with E-state index in [1.807, 2.05) is 0 Å². The third-order valence-electron chi connectivity index (χ3n) is 5.06. The number of benzene rings is 2. The number of ketones is 1. The molecule has 3 rings (SSSR count). The van der Waals surface area contributed by atoms with Gasteiger partial charge >= 0.3 is 30.5 Å². The number of hydrogen-bond donors (Lipinski definition) is 3. The van der Waals surface area contributed by atoms with Gasteiger partial charge in [0.05, 0.1) is 22.9 Å². The quantitative estimate of drug-likeness (QED) is 0.221. The van der Waals surface area contributed by atoms with Gasteiger partial charge in [-0.15, -0.1) is 0 Å². The number of hydrogen-bond acceptors (Lipinski definition) is 4. The number of anilines is 1. The maximum atomic E-state index is 13.6. The zero-order chi connectivity index (χ0) is 31.2. The van der Waals surface area contributed by atoms with Gasteiger partial charge in [0.1, 0.15) is 0 Å². The Morgan fingerprint density at radius 1 is 0.805 bits per heavy atom. The first kappa shape index (κ1) is 32.6. The summed E-state index contributed by atoms with van der Waals surface area (Å²) in [5, 5.41) is 11.9. The number of nitrogens with zero attached hydrogens (tertiary/aromatic N) is 1. The minimum Gasteiger partial charge on any atom is -0.475 e. The van der Waals surface area contributed by atoms with Crippen molar-refractivity contribution < 1.29 is 59.0 Å². The van der Waals surface area contributed by atoms with Crippen LogP contribution in [0.2, 0.25) is 0 Å². The maximum absolute atomic E-state index is 13.6.